The minimum atomic E-state index is -2.31. The van der Waals surface area contributed by atoms with Gasteiger partial charge < -0.3 is 9.84 Å². The predicted octanol–water partition coefficient (Wildman–Crippen LogP) is 4.60. The van der Waals surface area contributed by atoms with Gasteiger partial charge in [-0.3, -0.25) is 14.4 Å². The lowest BCUT2D eigenvalue weighted by molar-refractivity contribution is -0.225. The van der Waals surface area contributed by atoms with Crippen molar-refractivity contribution in [2.75, 3.05) is 6.01 Å². The summed E-state index contributed by atoms with van der Waals surface area (Å²) in [5.74, 6) is -2.72. The minimum Gasteiger partial charge on any atom is -0.448 e. The van der Waals surface area contributed by atoms with Crippen molar-refractivity contribution in [2.24, 2.45) is 22.7 Å². The molecule has 0 bridgehead atoms. The highest BCUT2D eigenvalue weighted by Gasteiger charge is 2.78. The molecular weight excluding hydrogens is 584 g/mol. The summed E-state index contributed by atoms with van der Waals surface area (Å²) in [6.07, 6.45) is 0.124. The van der Waals surface area contributed by atoms with Crippen LogP contribution in [0.1, 0.15) is 46.5 Å². The van der Waals surface area contributed by atoms with E-state index in [0.717, 1.165) is 6.08 Å². The number of rotatable bonds is 4. The van der Waals surface area contributed by atoms with Gasteiger partial charge in [0, 0.05) is 23.2 Å². The molecule has 4 rings (SSSR count). The summed E-state index contributed by atoms with van der Waals surface area (Å²) in [6.45, 7) is 4.74. The number of allylic oxidation sites excluding steroid dienone is 4. The van der Waals surface area contributed by atoms with Crippen molar-refractivity contribution in [1.82, 2.24) is 0 Å². The Morgan fingerprint density at radius 3 is 2.59 bits per heavy atom. The zero-order valence-corrected chi connectivity index (χ0v) is 22.1. The number of ether oxygens (including phenoxy) is 1. The molecule has 0 aromatic carbocycles. The third-order valence-corrected chi connectivity index (χ3v) is 10.9. The van der Waals surface area contributed by atoms with Crippen LogP contribution in [0.5, 0.6) is 0 Å². The van der Waals surface area contributed by atoms with E-state index in [0.29, 0.717) is 11.8 Å². The highest BCUT2D eigenvalue weighted by Crippen LogP contribution is 2.71. The second-order valence-electron chi connectivity index (χ2n) is 10.2. The van der Waals surface area contributed by atoms with Gasteiger partial charge in [-0.05, 0) is 61.6 Å². The van der Waals surface area contributed by atoms with Crippen LogP contribution in [-0.2, 0) is 19.1 Å². The average molecular weight is 612 g/mol. The van der Waals surface area contributed by atoms with Gasteiger partial charge in [-0.15, -0.1) is 0 Å². The molecule has 5 nitrogen and oxygen atoms in total. The number of hydrogen-bond acceptors (Lipinski definition) is 6. The molecule has 9 atom stereocenters. The Morgan fingerprint density at radius 2 is 1.97 bits per heavy atom. The highest BCUT2D eigenvalue weighted by atomic mass is 127. The van der Waals surface area contributed by atoms with E-state index in [9.17, 15) is 23.9 Å². The van der Waals surface area contributed by atoms with Gasteiger partial charge in [0.1, 0.15) is 12.2 Å². The fourth-order valence-corrected chi connectivity index (χ4v) is 9.76. The van der Waals surface area contributed by atoms with Crippen LogP contribution in [0.4, 0.5) is 13.2 Å². The van der Waals surface area contributed by atoms with Crippen LogP contribution < -0.4 is 0 Å². The number of carbonyl (C=O) groups excluding carboxylic acids is 3. The molecule has 0 aromatic rings. The zero-order valence-electron chi connectivity index (χ0n) is 19.2. The number of aliphatic hydroxyl groups excluding tert-OH is 1. The molecule has 0 amide bonds. The van der Waals surface area contributed by atoms with Crippen molar-refractivity contribution in [3.63, 3.8) is 0 Å². The molecule has 0 saturated heterocycles. The smallest absolute Gasteiger partial charge is 0.306 e. The number of fused-ring (bicyclic) bond motifs is 5. The maximum Gasteiger partial charge on any atom is 0.306 e. The molecule has 4 aliphatic carbocycles. The first kappa shape index (κ1) is 26.2. The number of halogens is 4. The SMILES string of the molecule is CCC(=O)O[C@]1(C(=O)SCF)[C@H](I)C[C@H]2C3C[C@H](F)C4=CC(=O)C=C[C@]4(C)[C@@]3(F)[C@@H](O)C[C@@]21C. The molecule has 0 aromatic heterocycles. The second kappa shape index (κ2) is 8.61. The monoisotopic (exact) mass is 612 g/mol. The summed E-state index contributed by atoms with van der Waals surface area (Å²) in [7, 11) is 0. The minimum absolute atomic E-state index is 0.0122. The van der Waals surface area contributed by atoms with Crippen LogP contribution >= 0.6 is 34.4 Å². The summed E-state index contributed by atoms with van der Waals surface area (Å²) in [5.41, 5.74) is -6.87. The van der Waals surface area contributed by atoms with E-state index >= 15 is 8.78 Å². The summed E-state index contributed by atoms with van der Waals surface area (Å²) in [4.78, 5) is 37.8. The van der Waals surface area contributed by atoms with Crippen LogP contribution in [0.25, 0.3) is 0 Å². The molecule has 3 saturated carbocycles. The fraction of sp³-hybridized carbons (Fsp3) is 0.708. The van der Waals surface area contributed by atoms with Gasteiger partial charge in [0.2, 0.25) is 5.12 Å². The van der Waals surface area contributed by atoms with E-state index in [2.05, 4.69) is 0 Å². The molecule has 3 fully saturated rings. The van der Waals surface area contributed by atoms with Crippen LogP contribution in [0.15, 0.2) is 23.8 Å². The van der Waals surface area contributed by atoms with Gasteiger partial charge in [-0.2, -0.15) is 0 Å². The van der Waals surface area contributed by atoms with Crippen LogP contribution in [0.3, 0.4) is 0 Å². The molecule has 4 aliphatic rings. The molecular formula is C24H28F3IO5S. The Labute approximate surface area is 214 Å². The lowest BCUT2D eigenvalue weighted by Gasteiger charge is -2.63. The third kappa shape index (κ3) is 3.19. The van der Waals surface area contributed by atoms with Gasteiger partial charge in [0.25, 0.3) is 0 Å². The lowest BCUT2D eigenvalue weighted by atomic mass is 9.44. The Bertz CT molecular complexity index is 990. The van der Waals surface area contributed by atoms with Crippen LogP contribution in [0.2, 0.25) is 0 Å². The molecule has 34 heavy (non-hydrogen) atoms. The number of aliphatic hydroxyl groups is 1. The molecule has 0 spiro atoms. The summed E-state index contributed by atoms with van der Waals surface area (Å²) >= 11 is 2.38. The van der Waals surface area contributed by atoms with Crippen molar-refractivity contribution in [2.45, 2.75) is 73.9 Å². The standard InChI is InChI=1S/C24H28F3IO5S/c1-4-19(31)33-24(20(32)34-11-25)17(28)9-13-14-8-16(26)15-7-12(29)5-6-21(15,2)23(14,27)18(30)10-22(13,24)3/h5-7,13-14,16-18,30H,4,8-11H2,1-3H3/t13-,14?,16-,17+,18-,21-,22-,23-,24-/m0/s1. The molecule has 0 heterocycles. The summed E-state index contributed by atoms with van der Waals surface area (Å²) < 4.78 is 51.2. The molecule has 0 aliphatic heterocycles. The Balaban J connectivity index is 1.87. The number of ketones is 1. The maximum absolute atomic E-state index is 17.2. The first-order chi connectivity index (χ1) is 15.8. The van der Waals surface area contributed by atoms with Crippen molar-refractivity contribution >= 4 is 51.2 Å². The van der Waals surface area contributed by atoms with Gasteiger partial charge in [0.05, 0.1) is 10.0 Å². The summed E-state index contributed by atoms with van der Waals surface area (Å²) in [5, 5.41) is 10.7. The summed E-state index contributed by atoms with van der Waals surface area (Å²) in [6, 6.07) is -1.02. The first-order valence-corrected chi connectivity index (χ1v) is 13.6. The third-order valence-electron chi connectivity index (χ3n) is 8.82. The second-order valence-corrected chi connectivity index (χ2v) is 12.5. The van der Waals surface area contributed by atoms with Gasteiger partial charge in [-0.25, -0.2) is 13.2 Å². The molecule has 1 unspecified atom stereocenters. The van der Waals surface area contributed by atoms with E-state index in [4.69, 9.17) is 4.74 Å². The van der Waals surface area contributed by atoms with Crippen LogP contribution in [0, 0.1) is 22.7 Å². The average Bonchev–Trinajstić information content (AvgIpc) is 2.99. The topological polar surface area (TPSA) is 80.7 Å². The van der Waals surface area contributed by atoms with Crippen molar-refractivity contribution in [3.8, 4) is 0 Å². The maximum atomic E-state index is 17.2. The van der Waals surface area contributed by atoms with E-state index in [1.54, 1.807) is 13.8 Å². The van der Waals surface area contributed by atoms with Crippen molar-refractivity contribution in [1.29, 1.82) is 0 Å². The van der Waals surface area contributed by atoms with E-state index in [-0.39, 0.29) is 31.3 Å². The van der Waals surface area contributed by atoms with E-state index < -0.39 is 73.0 Å². The largest absolute Gasteiger partial charge is 0.448 e. The van der Waals surface area contributed by atoms with Crippen molar-refractivity contribution < 1.29 is 37.4 Å². The number of carbonyl (C=O) groups is 3. The Kier molecular flexibility index (Phi) is 6.63. The molecule has 1 N–H and O–H groups in total. The normalized spacial score (nSPS) is 47.4. The number of alkyl halides is 4. The Hall–Kier alpha value is -0.880. The highest BCUT2D eigenvalue weighted by molar-refractivity contribution is 14.1. The quantitative estimate of drug-likeness (QED) is 0.284. The van der Waals surface area contributed by atoms with Crippen molar-refractivity contribution in [3.05, 3.63) is 23.8 Å². The first-order valence-electron chi connectivity index (χ1n) is 11.4. The molecule has 10 heteroatoms. The number of hydrogen-bond donors (Lipinski definition) is 1. The molecule has 0 radical (unpaired) electrons. The predicted molar refractivity (Wildman–Crippen MR) is 130 cm³/mol. The molecule has 188 valence electrons. The van der Waals surface area contributed by atoms with Gasteiger partial charge >= 0.3 is 5.97 Å². The van der Waals surface area contributed by atoms with Crippen LogP contribution in [-0.4, -0.2) is 55.5 Å². The number of thioether (sulfide) groups is 1. The van der Waals surface area contributed by atoms with E-state index in [1.807, 2.05) is 22.6 Å². The number of esters is 1. The lowest BCUT2D eigenvalue weighted by Crippen LogP contribution is -2.70. The Morgan fingerprint density at radius 1 is 1.29 bits per heavy atom. The zero-order chi connectivity index (χ0) is 25.3. The van der Waals surface area contributed by atoms with E-state index in [1.165, 1.54) is 19.1 Å². The van der Waals surface area contributed by atoms with Gasteiger partial charge in [0.15, 0.2) is 17.1 Å². The van der Waals surface area contributed by atoms with Gasteiger partial charge in [-0.1, -0.05) is 42.5 Å². The fourth-order valence-electron chi connectivity index (χ4n) is 7.15.